The summed E-state index contributed by atoms with van der Waals surface area (Å²) in [5, 5.41) is 0. The number of benzene rings is 1. The lowest BCUT2D eigenvalue weighted by atomic mass is 10.0. The first-order valence-corrected chi connectivity index (χ1v) is 4.59. The Kier molecular flexibility index (Phi) is 2.15. The first-order chi connectivity index (χ1) is 6.70. The average molecular weight is 192 g/mol. The van der Waals surface area contributed by atoms with Gasteiger partial charge in [-0.1, -0.05) is 0 Å². The number of ether oxygens (including phenoxy) is 2. The Morgan fingerprint density at radius 2 is 2.14 bits per heavy atom. The highest BCUT2D eigenvalue weighted by Gasteiger charge is 2.18. The lowest BCUT2D eigenvalue weighted by Gasteiger charge is -2.17. The zero-order valence-corrected chi connectivity index (χ0v) is 8.29. The van der Waals surface area contributed by atoms with Crippen molar-refractivity contribution in [2.75, 3.05) is 7.11 Å². The van der Waals surface area contributed by atoms with Crippen LogP contribution in [0, 0.1) is 6.92 Å². The van der Waals surface area contributed by atoms with Crippen LogP contribution in [0.3, 0.4) is 0 Å². The normalized spacial score (nSPS) is 14.6. The summed E-state index contributed by atoms with van der Waals surface area (Å²) in [7, 11) is 1.61. The van der Waals surface area contributed by atoms with E-state index in [1.165, 1.54) is 0 Å². The van der Waals surface area contributed by atoms with Crippen molar-refractivity contribution in [1.29, 1.82) is 0 Å². The number of methoxy groups -OCH3 is 1. The second-order valence-electron chi connectivity index (χ2n) is 3.40. The van der Waals surface area contributed by atoms with Gasteiger partial charge in [0.15, 0.2) is 0 Å². The second-order valence-corrected chi connectivity index (χ2v) is 3.40. The summed E-state index contributed by atoms with van der Waals surface area (Å²) in [4.78, 5) is 11.0. The minimum absolute atomic E-state index is 0.164. The monoisotopic (exact) mass is 192 g/mol. The minimum atomic E-state index is -0.164. The summed E-state index contributed by atoms with van der Waals surface area (Å²) in [6, 6.07) is 3.79. The van der Waals surface area contributed by atoms with E-state index in [-0.39, 0.29) is 5.97 Å². The molecule has 0 saturated carbocycles. The van der Waals surface area contributed by atoms with Gasteiger partial charge in [0.25, 0.3) is 0 Å². The number of carbonyl (C=O) groups excluding carboxylic acids is 1. The SMILES string of the molecule is COc1cc2c(cc1C)CCC(=O)O2. The minimum Gasteiger partial charge on any atom is -0.496 e. The Balaban J connectivity index is 2.46. The molecule has 0 fully saturated rings. The fourth-order valence-electron chi connectivity index (χ4n) is 1.65. The van der Waals surface area contributed by atoms with E-state index in [4.69, 9.17) is 9.47 Å². The van der Waals surface area contributed by atoms with Gasteiger partial charge in [0.05, 0.1) is 13.5 Å². The van der Waals surface area contributed by atoms with Crippen LogP contribution in [0.5, 0.6) is 11.5 Å². The number of fused-ring (bicyclic) bond motifs is 1. The van der Waals surface area contributed by atoms with Crippen molar-refractivity contribution >= 4 is 5.97 Å². The Morgan fingerprint density at radius 3 is 2.86 bits per heavy atom. The molecule has 1 aromatic carbocycles. The van der Waals surface area contributed by atoms with E-state index in [1.54, 1.807) is 13.2 Å². The van der Waals surface area contributed by atoms with Gasteiger partial charge in [-0.05, 0) is 30.5 Å². The third-order valence-corrected chi connectivity index (χ3v) is 2.40. The molecule has 1 aliphatic heterocycles. The van der Waals surface area contributed by atoms with Crippen molar-refractivity contribution in [3.8, 4) is 11.5 Å². The third kappa shape index (κ3) is 1.45. The van der Waals surface area contributed by atoms with Gasteiger partial charge >= 0.3 is 5.97 Å². The molecule has 2 rings (SSSR count). The molecule has 1 aromatic rings. The van der Waals surface area contributed by atoms with Crippen molar-refractivity contribution in [2.45, 2.75) is 19.8 Å². The molecule has 0 amide bonds. The molecule has 0 bridgehead atoms. The van der Waals surface area contributed by atoms with Crippen LogP contribution in [0.4, 0.5) is 0 Å². The summed E-state index contributed by atoms with van der Waals surface area (Å²) in [5.41, 5.74) is 2.16. The predicted octanol–water partition coefficient (Wildman–Crippen LogP) is 1.86. The van der Waals surface area contributed by atoms with E-state index in [1.807, 2.05) is 13.0 Å². The molecule has 0 radical (unpaired) electrons. The van der Waals surface area contributed by atoms with Crippen LogP contribution in [0.2, 0.25) is 0 Å². The number of hydrogen-bond acceptors (Lipinski definition) is 3. The van der Waals surface area contributed by atoms with Crippen LogP contribution >= 0.6 is 0 Å². The zero-order valence-electron chi connectivity index (χ0n) is 8.29. The van der Waals surface area contributed by atoms with Gasteiger partial charge in [-0.3, -0.25) is 4.79 Å². The average Bonchev–Trinajstić information content (AvgIpc) is 2.17. The Bertz CT molecular complexity index is 382. The van der Waals surface area contributed by atoms with Crippen LogP contribution in [0.25, 0.3) is 0 Å². The van der Waals surface area contributed by atoms with Gasteiger partial charge < -0.3 is 9.47 Å². The Hall–Kier alpha value is -1.51. The van der Waals surface area contributed by atoms with Crippen molar-refractivity contribution in [3.05, 3.63) is 23.3 Å². The highest BCUT2D eigenvalue weighted by atomic mass is 16.5. The molecule has 1 heterocycles. The van der Waals surface area contributed by atoms with Crippen molar-refractivity contribution in [1.82, 2.24) is 0 Å². The van der Waals surface area contributed by atoms with E-state index < -0.39 is 0 Å². The summed E-state index contributed by atoms with van der Waals surface area (Å²) in [6.07, 6.45) is 1.23. The number of carbonyl (C=O) groups is 1. The molecule has 74 valence electrons. The molecule has 14 heavy (non-hydrogen) atoms. The Labute approximate surface area is 82.6 Å². The van der Waals surface area contributed by atoms with Crippen LogP contribution in [0.15, 0.2) is 12.1 Å². The highest BCUT2D eigenvalue weighted by molar-refractivity contribution is 5.75. The van der Waals surface area contributed by atoms with Crippen LogP contribution in [-0.2, 0) is 11.2 Å². The molecule has 0 aromatic heterocycles. The number of rotatable bonds is 1. The number of aryl methyl sites for hydroxylation is 2. The van der Waals surface area contributed by atoms with E-state index in [0.717, 1.165) is 23.3 Å². The molecule has 0 atom stereocenters. The zero-order chi connectivity index (χ0) is 10.1. The predicted molar refractivity (Wildman–Crippen MR) is 51.7 cm³/mol. The lowest BCUT2D eigenvalue weighted by molar-refractivity contribution is -0.135. The molecular weight excluding hydrogens is 180 g/mol. The van der Waals surface area contributed by atoms with E-state index in [0.29, 0.717) is 12.2 Å². The smallest absolute Gasteiger partial charge is 0.311 e. The standard InChI is InChI=1S/C11H12O3/c1-7-5-8-3-4-11(12)14-10(8)6-9(7)13-2/h5-6H,3-4H2,1-2H3. The molecule has 0 aliphatic carbocycles. The first kappa shape index (κ1) is 9.06. The molecule has 0 unspecified atom stereocenters. The maximum atomic E-state index is 11.0. The van der Waals surface area contributed by atoms with Crippen molar-refractivity contribution in [3.63, 3.8) is 0 Å². The third-order valence-electron chi connectivity index (χ3n) is 2.40. The Morgan fingerprint density at radius 1 is 1.36 bits per heavy atom. The van der Waals surface area contributed by atoms with Gasteiger partial charge in [0, 0.05) is 6.07 Å². The largest absolute Gasteiger partial charge is 0.496 e. The quantitative estimate of drug-likeness (QED) is 0.503. The van der Waals surface area contributed by atoms with Gasteiger partial charge in [-0.15, -0.1) is 0 Å². The molecule has 0 N–H and O–H groups in total. The highest BCUT2D eigenvalue weighted by Crippen LogP contribution is 2.32. The first-order valence-electron chi connectivity index (χ1n) is 4.59. The van der Waals surface area contributed by atoms with Crippen molar-refractivity contribution in [2.24, 2.45) is 0 Å². The number of esters is 1. The molecule has 0 saturated heterocycles. The summed E-state index contributed by atoms with van der Waals surface area (Å²) in [5.74, 6) is 1.24. The summed E-state index contributed by atoms with van der Waals surface area (Å²) >= 11 is 0. The summed E-state index contributed by atoms with van der Waals surface area (Å²) in [6.45, 7) is 1.98. The fraction of sp³-hybridized carbons (Fsp3) is 0.364. The maximum Gasteiger partial charge on any atom is 0.311 e. The van der Waals surface area contributed by atoms with Crippen LogP contribution in [0.1, 0.15) is 17.5 Å². The van der Waals surface area contributed by atoms with E-state index in [9.17, 15) is 4.79 Å². The van der Waals surface area contributed by atoms with E-state index in [2.05, 4.69) is 0 Å². The number of hydrogen-bond donors (Lipinski definition) is 0. The maximum absolute atomic E-state index is 11.0. The van der Waals surface area contributed by atoms with Gasteiger partial charge in [0.2, 0.25) is 0 Å². The van der Waals surface area contributed by atoms with Gasteiger partial charge in [-0.25, -0.2) is 0 Å². The topological polar surface area (TPSA) is 35.5 Å². The molecular formula is C11H12O3. The van der Waals surface area contributed by atoms with Crippen LogP contribution < -0.4 is 9.47 Å². The molecule has 0 spiro atoms. The van der Waals surface area contributed by atoms with E-state index >= 15 is 0 Å². The van der Waals surface area contributed by atoms with Gasteiger partial charge in [-0.2, -0.15) is 0 Å². The molecule has 3 nitrogen and oxygen atoms in total. The van der Waals surface area contributed by atoms with Crippen molar-refractivity contribution < 1.29 is 14.3 Å². The van der Waals surface area contributed by atoms with Crippen LogP contribution in [-0.4, -0.2) is 13.1 Å². The second kappa shape index (κ2) is 3.33. The molecule has 3 heteroatoms. The van der Waals surface area contributed by atoms with Gasteiger partial charge in [0.1, 0.15) is 11.5 Å². The summed E-state index contributed by atoms with van der Waals surface area (Å²) < 4.78 is 10.3. The fourth-order valence-corrected chi connectivity index (χ4v) is 1.65. The molecule has 1 aliphatic rings. The lowest BCUT2D eigenvalue weighted by Crippen LogP contribution is -2.15.